The lowest BCUT2D eigenvalue weighted by molar-refractivity contribution is -0.142. The minimum Gasteiger partial charge on any atom is -0.497 e. The number of fused-ring (bicyclic) bond motifs is 1. The molecule has 2 amide bonds. The molecule has 4 aliphatic heterocycles. The molecule has 1 aromatic rings. The number of likely N-dealkylation sites (tertiary alicyclic amines) is 2. The van der Waals surface area contributed by atoms with Crippen molar-refractivity contribution < 1.29 is 19.1 Å². The average Bonchev–Trinajstić information content (AvgIpc) is 3.44. The Bertz CT molecular complexity index is 816. The first kappa shape index (κ1) is 16.8. The normalized spacial score (nSPS) is 33.8. The number of methoxy groups -OCH3 is 1. The Kier molecular flexibility index (Phi) is 3.79. The number of rotatable bonds is 4. The van der Waals surface area contributed by atoms with Gasteiger partial charge in [0.15, 0.2) is 0 Å². The zero-order chi connectivity index (χ0) is 18.6. The highest BCUT2D eigenvalue weighted by atomic mass is 16.5. The van der Waals surface area contributed by atoms with E-state index in [1.165, 1.54) is 0 Å². The van der Waals surface area contributed by atoms with Crippen LogP contribution >= 0.6 is 0 Å². The average molecular weight is 368 g/mol. The molecule has 2 bridgehead atoms. The van der Waals surface area contributed by atoms with Gasteiger partial charge in [0.25, 0.3) is 0 Å². The van der Waals surface area contributed by atoms with Crippen LogP contribution in [0.15, 0.2) is 36.4 Å². The maximum atomic E-state index is 13.3. The number of hydrogen-bond acceptors (Lipinski definition) is 4. The van der Waals surface area contributed by atoms with Gasteiger partial charge in [-0.25, -0.2) is 0 Å². The molecule has 142 valence electrons. The molecular weight excluding hydrogens is 344 g/mol. The topological polar surface area (TPSA) is 59.1 Å². The van der Waals surface area contributed by atoms with Crippen molar-refractivity contribution in [1.29, 1.82) is 0 Å². The minimum absolute atomic E-state index is 0.0298. The molecule has 3 fully saturated rings. The molecule has 0 aromatic heterocycles. The van der Waals surface area contributed by atoms with Crippen LogP contribution in [-0.4, -0.2) is 60.1 Å². The highest BCUT2D eigenvalue weighted by Gasteiger charge is 2.67. The van der Waals surface area contributed by atoms with E-state index in [9.17, 15) is 9.59 Å². The van der Waals surface area contributed by atoms with Gasteiger partial charge < -0.3 is 19.3 Å². The van der Waals surface area contributed by atoms with Crippen molar-refractivity contribution in [2.45, 2.75) is 31.1 Å². The second-order valence-electron chi connectivity index (χ2n) is 7.98. The molecule has 6 nitrogen and oxygen atoms in total. The lowest BCUT2D eigenvalue weighted by atomic mass is 9.76. The van der Waals surface area contributed by atoms with Crippen molar-refractivity contribution in [2.75, 3.05) is 26.7 Å². The van der Waals surface area contributed by atoms with E-state index in [0.717, 1.165) is 37.2 Å². The van der Waals surface area contributed by atoms with Gasteiger partial charge in [0, 0.05) is 19.6 Å². The van der Waals surface area contributed by atoms with Crippen LogP contribution in [0.2, 0.25) is 0 Å². The third-order valence-corrected chi connectivity index (χ3v) is 6.39. The quantitative estimate of drug-likeness (QED) is 0.758. The van der Waals surface area contributed by atoms with E-state index in [4.69, 9.17) is 9.47 Å². The first-order valence-corrected chi connectivity index (χ1v) is 9.69. The maximum Gasteiger partial charge on any atom is 0.230 e. The third-order valence-electron chi connectivity index (χ3n) is 6.39. The van der Waals surface area contributed by atoms with Crippen molar-refractivity contribution in [1.82, 2.24) is 9.80 Å². The summed E-state index contributed by atoms with van der Waals surface area (Å²) >= 11 is 0. The number of carbonyl (C=O) groups is 2. The van der Waals surface area contributed by atoms with Crippen LogP contribution in [0.5, 0.6) is 5.75 Å². The van der Waals surface area contributed by atoms with Crippen molar-refractivity contribution in [3.8, 4) is 5.75 Å². The maximum absolute atomic E-state index is 13.3. The van der Waals surface area contributed by atoms with Crippen LogP contribution in [-0.2, 0) is 20.9 Å². The number of nitrogens with zero attached hydrogens (tertiary/aromatic N) is 2. The van der Waals surface area contributed by atoms with Crippen molar-refractivity contribution >= 4 is 11.8 Å². The van der Waals surface area contributed by atoms with Gasteiger partial charge in [0.05, 0.1) is 31.6 Å². The van der Waals surface area contributed by atoms with Crippen LogP contribution in [0.1, 0.15) is 18.4 Å². The van der Waals surface area contributed by atoms with Gasteiger partial charge in [-0.3, -0.25) is 9.59 Å². The lowest BCUT2D eigenvalue weighted by Crippen LogP contribution is -2.45. The molecule has 0 N–H and O–H groups in total. The SMILES string of the molecule is COc1cccc(CN2C[C@]34C=C[C@H](O3)[C@H](C(=O)N3CCCC3)[C@@H]4C2=O)c1. The number of carbonyl (C=O) groups excluding carboxylic acids is 2. The Balaban J connectivity index is 1.39. The molecule has 0 unspecified atom stereocenters. The van der Waals surface area contributed by atoms with Crippen LogP contribution in [0.25, 0.3) is 0 Å². The number of hydrogen-bond donors (Lipinski definition) is 0. The smallest absolute Gasteiger partial charge is 0.230 e. The summed E-state index contributed by atoms with van der Waals surface area (Å²) in [7, 11) is 1.63. The molecule has 3 saturated heterocycles. The highest BCUT2D eigenvalue weighted by molar-refractivity contribution is 5.93. The zero-order valence-electron chi connectivity index (χ0n) is 15.5. The summed E-state index contributed by atoms with van der Waals surface area (Å²) in [5.41, 5.74) is 0.376. The first-order valence-electron chi connectivity index (χ1n) is 9.69. The molecule has 0 radical (unpaired) electrons. The van der Waals surface area contributed by atoms with Crippen molar-refractivity contribution in [3.63, 3.8) is 0 Å². The summed E-state index contributed by atoms with van der Waals surface area (Å²) in [4.78, 5) is 30.1. The van der Waals surface area contributed by atoms with Gasteiger partial charge >= 0.3 is 0 Å². The Morgan fingerprint density at radius 1 is 1.33 bits per heavy atom. The monoisotopic (exact) mass is 368 g/mol. The number of amides is 2. The predicted octanol–water partition coefficient (Wildman–Crippen LogP) is 1.60. The molecule has 0 aliphatic carbocycles. The van der Waals surface area contributed by atoms with Gasteiger partial charge in [-0.15, -0.1) is 0 Å². The fraction of sp³-hybridized carbons (Fsp3) is 0.524. The van der Waals surface area contributed by atoms with E-state index in [2.05, 4.69) is 0 Å². The summed E-state index contributed by atoms with van der Waals surface area (Å²) < 4.78 is 11.5. The van der Waals surface area contributed by atoms with E-state index in [0.29, 0.717) is 13.1 Å². The van der Waals surface area contributed by atoms with E-state index >= 15 is 0 Å². The van der Waals surface area contributed by atoms with Gasteiger partial charge in [-0.2, -0.15) is 0 Å². The molecule has 6 heteroatoms. The minimum atomic E-state index is -0.638. The summed E-state index contributed by atoms with van der Waals surface area (Å²) in [6.45, 7) is 2.60. The van der Waals surface area contributed by atoms with E-state index in [1.807, 2.05) is 46.2 Å². The van der Waals surface area contributed by atoms with Crippen LogP contribution in [0.4, 0.5) is 0 Å². The van der Waals surface area contributed by atoms with Gasteiger partial charge in [-0.05, 0) is 30.5 Å². The molecule has 4 atom stereocenters. The Morgan fingerprint density at radius 2 is 2.15 bits per heavy atom. The molecule has 4 heterocycles. The second kappa shape index (κ2) is 6.09. The molecule has 1 spiro atoms. The summed E-state index contributed by atoms with van der Waals surface area (Å²) in [6.07, 6.45) is 5.83. The lowest BCUT2D eigenvalue weighted by Gasteiger charge is -2.27. The summed E-state index contributed by atoms with van der Waals surface area (Å²) in [5.74, 6) is 0.117. The Morgan fingerprint density at radius 3 is 2.93 bits per heavy atom. The Labute approximate surface area is 158 Å². The van der Waals surface area contributed by atoms with Crippen LogP contribution < -0.4 is 4.74 Å². The standard InChI is InChI=1S/C21H24N2O4/c1-26-15-6-4-5-14(11-15)12-23-13-21-8-7-16(27-21)17(18(21)20(23)25)19(24)22-9-2-3-10-22/h4-8,11,16-18H,2-3,9-10,12-13H2,1H3/t16-,17-,18+,21-/m0/s1. The van der Waals surface area contributed by atoms with Crippen LogP contribution in [0.3, 0.4) is 0 Å². The molecule has 4 aliphatic rings. The van der Waals surface area contributed by atoms with Crippen molar-refractivity contribution in [3.05, 3.63) is 42.0 Å². The Hall–Kier alpha value is -2.34. The largest absolute Gasteiger partial charge is 0.497 e. The summed E-state index contributed by atoms with van der Waals surface area (Å²) in [5, 5.41) is 0. The number of ether oxygens (including phenoxy) is 2. The molecule has 1 aromatic carbocycles. The van der Waals surface area contributed by atoms with Crippen LogP contribution in [0, 0.1) is 11.8 Å². The molecular formula is C21H24N2O4. The van der Waals surface area contributed by atoms with Gasteiger partial charge in [0.2, 0.25) is 11.8 Å². The van der Waals surface area contributed by atoms with Crippen molar-refractivity contribution in [2.24, 2.45) is 11.8 Å². The highest BCUT2D eigenvalue weighted by Crippen LogP contribution is 2.52. The zero-order valence-corrected chi connectivity index (χ0v) is 15.5. The van der Waals surface area contributed by atoms with E-state index < -0.39 is 11.5 Å². The first-order chi connectivity index (χ1) is 13.1. The second-order valence-corrected chi connectivity index (χ2v) is 7.98. The van der Waals surface area contributed by atoms with E-state index in [1.54, 1.807) is 7.11 Å². The van der Waals surface area contributed by atoms with Gasteiger partial charge in [-0.1, -0.05) is 24.3 Å². The fourth-order valence-electron chi connectivity index (χ4n) is 5.13. The summed E-state index contributed by atoms with van der Waals surface area (Å²) in [6, 6.07) is 7.75. The van der Waals surface area contributed by atoms with E-state index in [-0.39, 0.29) is 23.8 Å². The third kappa shape index (κ3) is 2.50. The fourth-order valence-corrected chi connectivity index (χ4v) is 5.13. The van der Waals surface area contributed by atoms with Gasteiger partial charge in [0.1, 0.15) is 11.4 Å². The predicted molar refractivity (Wildman–Crippen MR) is 97.9 cm³/mol. The number of benzene rings is 1. The molecule has 27 heavy (non-hydrogen) atoms. The molecule has 0 saturated carbocycles. The molecule has 5 rings (SSSR count).